The van der Waals surface area contributed by atoms with E-state index < -0.39 is 9.05 Å². The van der Waals surface area contributed by atoms with Crippen LogP contribution in [0.1, 0.15) is 130 Å². The van der Waals surface area contributed by atoms with Crippen molar-refractivity contribution in [1.82, 2.24) is 0 Å². The predicted octanol–water partition coefficient (Wildman–Crippen LogP) is 6.82. The molecule has 0 radical (unpaired) electrons. The van der Waals surface area contributed by atoms with Gasteiger partial charge in [-0.3, -0.25) is 0 Å². The molecule has 0 spiro atoms. The molecule has 4 aliphatic carbocycles. The molecule has 0 saturated heterocycles. The van der Waals surface area contributed by atoms with Crippen molar-refractivity contribution in [3.8, 4) is 0 Å². The van der Waals surface area contributed by atoms with Crippen molar-refractivity contribution in [2.75, 3.05) is 0 Å². The maximum Gasteiger partial charge on any atom is 0.681 e. The third kappa shape index (κ3) is 5.28. The summed E-state index contributed by atoms with van der Waals surface area (Å²) in [6.07, 6.45) is 18.5. The van der Waals surface area contributed by atoms with E-state index in [-0.39, 0.29) is 22.4 Å². The fourth-order valence-corrected chi connectivity index (χ4v) is 9.71. The van der Waals surface area contributed by atoms with Crippen molar-refractivity contribution >= 4 is 9.05 Å². The van der Waals surface area contributed by atoms with Crippen LogP contribution in [-0.2, 0) is 17.7 Å². The van der Waals surface area contributed by atoms with Gasteiger partial charge in [-0.1, -0.05) is 51.4 Å². The molecule has 5 heteroatoms. The summed E-state index contributed by atoms with van der Waals surface area (Å²) in [6.45, 7) is 9.07. The minimum atomic E-state index is -3.34. The van der Waals surface area contributed by atoms with Crippen LogP contribution in [0.2, 0.25) is 0 Å². The molecule has 0 N–H and O–H groups in total. The van der Waals surface area contributed by atoms with Crippen LogP contribution < -0.4 is 0 Å². The van der Waals surface area contributed by atoms with Gasteiger partial charge in [0.1, 0.15) is 0 Å². The van der Waals surface area contributed by atoms with E-state index in [1.807, 2.05) is 0 Å². The lowest BCUT2D eigenvalue weighted by Gasteiger charge is -2.46. The highest BCUT2D eigenvalue weighted by molar-refractivity contribution is 6.54. The van der Waals surface area contributed by atoms with Crippen LogP contribution in [0.4, 0.5) is 0 Å². The molecule has 0 aromatic heterocycles. The van der Waals surface area contributed by atoms with Crippen molar-refractivity contribution in [2.24, 2.45) is 0 Å². The standard InChI is InChI=1S/C24H44O4Si/c1-21(13-5-6-14-21)25-29(26-22(2)15-7-8-16-22,27-23(3)17-9-10-18-23)28-24(4)19-11-12-20-24/h5-20H2,1-4H3. The molecule has 4 nitrogen and oxygen atoms in total. The van der Waals surface area contributed by atoms with Gasteiger partial charge < -0.3 is 17.7 Å². The minimum absolute atomic E-state index is 0.175. The molecule has 0 bridgehead atoms. The zero-order valence-electron chi connectivity index (χ0n) is 19.4. The van der Waals surface area contributed by atoms with E-state index in [0.29, 0.717) is 0 Å². The topological polar surface area (TPSA) is 36.9 Å². The first-order valence-electron chi connectivity index (χ1n) is 12.5. The Morgan fingerprint density at radius 1 is 0.379 bits per heavy atom. The van der Waals surface area contributed by atoms with Crippen molar-refractivity contribution in [1.29, 1.82) is 0 Å². The van der Waals surface area contributed by atoms with E-state index in [2.05, 4.69) is 27.7 Å². The van der Waals surface area contributed by atoms with Crippen LogP contribution in [0, 0.1) is 0 Å². The number of hydrogen-bond acceptors (Lipinski definition) is 4. The molecular formula is C24H44O4Si. The number of hydrogen-bond donors (Lipinski definition) is 0. The van der Waals surface area contributed by atoms with Gasteiger partial charge in [0.15, 0.2) is 0 Å². The Balaban J connectivity index is 1.67. The second-order valence-corrected chi connectivity index (χ2v) is 13.4. The van der Waals surface area contributed by atoms with Crippen LogP contribution in [0.3, 0.4) is 0 Å². The van der Waals surface area contributed by atoms with Crippen LogP contribution in [0.25, 0.3) is 0 Å². The molecule has 0 aromatic carbocycles. The summed E-state index contributed by atoms with van der Waals surface area (Å²) in [7, 11) is -3.34. The molecule has 0 aromatic rings. The summed E-state index contributed by atoms with van der Waals surface area (Å²) >= 11 is 0. The fraction of sp³-hybridized carbons (Fsp3) is 1.00. The molecule has 4 saturated carbocycles. The van der Waals surface area contributed by atoms with Gasteiger partial charge >= 0.3 is 9.05 Å². The zero-order valence-corrected chi connectivity index (χ0v) is 20.4. The van der Waals surface area contributed by atoms with Gasteiger partial charge in [-0.15, -0.1) is 0 Å². The fourth-order valence-electron chi connectivity index (χ4n) is 6.23. The van der Waals surface area contributed by atoms with Gasteiger partial charge in [0.25, 0.3) is 0 Å². The summed E-state index contributed by atoms with van der Waals surface area (Å²) in [5.41, 5.74) is -0.702. The molecule has 168 valence electrons. The van der Waals surface area contributed by atoms with E-state index in [1.54, 1.807) is 0 Å². The summed E-state index contributed by atoms with van der Waals surface area (Å²) in [5, 5.41) is 0. The van der Waals surface area contributed by atoms with E-state index in [1.165, 1.54) is 51.4 Å². The Labute approximate surface area is 179 Å². The van der Waals surface area contributed by atoms with Crippen LogP contribution in [-0.4, -0.2) is 31.5 Å². The zero-order chi connectivity index (χ0) is 20.6. The van der Waals surface area contributed by atoms with Crippen LogP contribution in [0.15, 0.2) is 0 Å². The van der Waals surface area contributed by atoms with E-state index in [4.69, 9.17) is 17.7 Å². The largest absolute Gasteiger partial charge is 0.681 e. The lowest BCUT2D eigenvalue weighted by atomic mass is 10.1. The Bertz CT molecular complexity index is 452. The van der Waals surface area contributed by atoms with Gasteiger partial charge in [-0.25, -0.2) is 0 Å². The van der Waals surface area contributed by atoms with E-state index >= 15 is 0 Å². The normalized spacial score (nSPS) is 30.2. The molecule has 0 atom stereocenters. The van der Waals surface area contributed by atoms with Crippen molar-refractivity contribution in [2.45, 2.75) is 153 Å². The van der Waals surface area contributed by atoms with Gasteiger partial charge in [0, 0.05) is 0 Å². The Morgan fingerprint density at radius 3 is 0.724 bits per heavy atom. The highest BCUT2D eigenvalue weighted by Crippen LogP contribution is 2.47. The van der Waals surface area contributed by atoms with E-state index in [0.717, 1.165) is 51.4 Å². The third-order valence-electron chi connectivity index (χ3n) is 8.13. The maximum atomic E-state index is 7.04. The first kappa shape index (κ1) is 22.3. The van der Waals surface area contributed by atoms with Crippen LogP contribution >= 0.6 is 0 Å². The minimum Gasteiger partial charge on any atom is -0.346 e. The number of rotatable bonds is 8. The quantitative estimate of drug-likeness (QED) is 0.401. The lowest BCUT2D eigenvalue weighted by Crippen LogP contribution is -2.63. The van der Waals surface area contributed by atoms with Gasteiger partial charge in [-0.05, 0) is 79.1 Å². The van der Waals surface area contributed by atoms with Crippen LogP contribution in [0.5, 0.6) is 0 Å². The Kier molecular flexibility index (Phi) is 6.29. The summed E-state index contributed by atoms with van der Waals surface area (Å²) in [5.74, 6) is 0. The molecule has 4 fully saturated rings. The van der Waals surface area contributed by atoms with Gasteiger partial charge in [0.05, 0.1) is 22.4 Å². The second-order valence-electron chi connectivity index (χ2n) is 11.5. The lowest BCUT2D eigenvalue weighted by molar-refractivity contribution is -0.174. The predicted molar refractivity (Wildman–Crippen MR) is 118 cm³/mol. The van der Waals surface area contributed by atoms with Gasteiger partial charge in [-0.2, -0.15) is 0 Å². The molecular weight excluding hydrogens is 380 g/mol. The average molecular weight is 425 g/mol. The first-order chi connectivity index (χ1) is 13.7. The maximum absolute atomic E-state index is 7.04. The highest BCUT2D eigenvalue weighted by Gasteiger charge is 2.61. The monoisotopic (exact) mass is 424 g/mol. The molecule has 0 unspecified atom stereocenters. The van der Waals surface area contributed by atoms with Crippen molar-refractivity contribution in [3.05, 3.63) is 0 Å². The summed E-state index contributed by atoms with van der Waals surface area (Å²) < 4.78 is 28.2. The molecule has 0 aliphatic heterocycles. The Morgan fingerprint density at radius 2 is 0.552 bits per heavy atom. The smallest absolute Gasteiger partial charge is 0.346 e. The molecule has 4 rings (SSSR count). The van der Waals surface area contributed by atoms with Crippen molar-refractivity contribution in [3.63, 3.8) is 0 Å². The molecule has 4 aliphatic rings. The third-order valence-corrected chi connectivity index (χ3v) is 11.1. The first-order valence-corrected chi connectivity index (χ1v) is 14.1. The highest BCUT2D eigenvalue weighted by atomic mass is 28.4. The molecule has 0 amide bonds. The van der Waals surface area contributed by atoms with Gasteiger partial charge in [0.2, 0.25) is 0 Å². The summed E-state index contributed by atoms with van der Waals surface area (Å²) in [4.78, 5) is 0. The second kappa shape index (κ2) is 8.20. The molecule has 29 heavy (non-hydrogen) atoms. The average Bonchev–Trinajstić information content (AvgIpc) is 3.39. The molecule has 0 heterocycles. The summed E-state index contributed by atoms with van der Waals surface area (Å²) in [6, 6.07) is 0. The SMILES string of the molecule is CC1(O[Si](OC2(C)CCCC2)(OC2(C)CCCC2)OC2(C)CCCC2)CCCC1. The van der Waals surface area contributed by atoms with Crippen molar-refractivity contribution < 1.29 is 17.7 Å². The Hall–Kier alpha value is 0.0569. The van der Waals surface area contributed by atoms with E-state index in [9.17, 15) is 0 Å².